The van der Waals surface area contributed by atoms with Gasteiger partial charge in [-0.2, -0.15) is 5.26 Å². The van der Waals surface area contributed by atoms with Crippen molar-refractivity contribution >= 4 is 11.9 Å². The molecule has 7 heteroatoms. The molecule has 1 saturated heterocycles. The topological polar surface area (TPSA) is 80.0 Å². The number of aryl methyl sites for hydroxylation is 1. The number of likely N-dealkylation sites (N-methyl/N-ethyl adjacent to an activating group) is 1. The summed E-state index contributed by atoms with van der Waals surface area (Å²) in [5.74, 6) is -4.14. The lowest BCUT2D eigenvalue weighted by Gasteiger charge is -2.46. The molecule has 1 heterocycles. The van der Waals surface area contributed by atoms with E-state index in [1.165, 1.54) is 36.2 Å². The smallest absolute Gasteiger partial charge is 0.270 e. The number of hydrogen-bond acceptors (Lipinski definition) is 3. The summed E-state index contributed by atoms with van der Waals surface area (Å²) >= 11 is 0. The lowest BCUT2D eigenvalue weighted by atomic mass is 9.72. The number of alkyl halides is 2. The zero-order chi connectivity index (χ0) is 21.6. The summed E-state index contributed by atoms with van der Waals surface area (Å²) in [6.07, 6.45) is 0. The number of nitrogens with zero attached hydrogens (tertiary/aromatic N) is 2. The van der Waals surface area contributed by atoms with Crippen LogP contribution in [0.1, 0.15) is 47.6 Å². The molecular formula is C22H22F2N4O. The number of benzene rings is 2. The maximum Gasteiger partial charge on any atom is 0.270 e. The highest BCUT2D eigenvalue weighted by Crippen LogP contribution is 2.42. The summed E-state index contributed by atoms with van der Waals surface area (Å²) < 4.78 is 27.3. The second-order valence-corrected chi connectivity index (χ2v) is 7.66. The Kier molecular flexibility index (Phi) is 4.91. The van der Waals surface area contributed by atoms with Crippen molar-refractivity contribution in [2.24, 2.45) is 0 Å². The second-order valence-electron chi connectivity index (χ2n) is 7.66. The van der Waals surface area contributed by atoms with Gasteiger partial charge in [-0.1, -0.05) is 30.3 Å². The highest BCUT2D eigenvalue weighted by Gasteiger charge is 2.49. The number of amides is 1. The molecule has 2 aromatic rings. The Morgan fingerprint density at radius 1 is 1.24 bits per heavy atom. The molecule has 29 heavy (non-hydrogen) atoms. The molecule has 3 rings (SSSR count). The molecule has 1 amide bonds. The van der Waals surface area contributed by atoms with Gasteiger partial charge in [-0.05, 0) is 42.7 Å². The van der Waals surface area contributed by atoms with E-state index < -0.39 is 17.4 Å². The van der Waals surface area contributed by atoms with Gasteiger partial charge in [-0.25, -0.2) is 8.78 Å². The minimum Gasteiger partial charge on any atom is -0.346 e. The molecule has 2 atom stereocenters. The Balaban J connectivity index is 2.19. The summed E-state index contributed by atoms with van der Waals surface area (Å²) in [5.41, 5.74) is 1.38. The normalized spacial score (nSPS) is 22.2. The van der Waals surface area contributed by atoms with E-state index in [4.69, 9.17) is 5.41 Å². The quantitative estimate of drug-likeness (QED) is 0.824. The van der Waals surface area contributed by atoms with Crippen LogP contribution < -0.4 is 5.32 Å². The molecule has 1 aliphatic rings. The van der Waals surface area contributed by atoms with Crippen LogP contribution in [0.15, 0.2) is 42.5 Å². The fourth-order valence-electron chi connectivity index (χ4n) is 3.87. The molecule has 1 aliphatic heterocycles. The van der Waals surface area contributed by atoms with Crippen LogP contribution in [0, 0.1) is 23.7 Å². The summed E-state index contributed by atoms with van der Waals surface area (Å²) in [6.45, 7) is 4.49. The SMILES string of the molecule is Cc1ccc(C#N)cc1[C@@]1(C)NC(=N)N(C)C(=O)[C@@H]1c1ccc(C(C)(F)F)cc1. The van der Waals surface area contributed by atoms with Crippen molar-refractivity contribution in [1.29, 1.82) is 10.7 Å². The Morgan fingerprint density at radius 3 is 2.41 bits per heavy atom. The first-order chi connectivity index (χ1) is 13.5. The summed E-state index contributed by atoms with van der Waals surface area (Å²) in [6, 6.07) is 13.0. The molecule has 5 nitrogen and oxygen atoms in total. The largest absolute Gasteiger partial charge is 0.346 e. The minimum atomic E-state index is -2.98. The Labute approximate surface area is 168 Å². The van der Waals surface area contributed by atoms with E-state index in [1.807, 2.05) is 6.92 Å². The zero-order valence-corrected chi connectivity index (χ0v) is 16.7. The van der Waals surface area contributed by atoms with Crippen molar-refractivity contribution in [2.45, 2.75) is 38.2 Å². The van der Waals surface area contributed by atoms with Gasteiger partial charge in [0.15, 0.2) is 5.96 Å². The molecule has 0 aliphatic carbocycles. The minimum absolute atomic E-state index is 0.0628. The lowest BCUT2D eigenvalue weighted by Crippen LogP contribution is -2.62. The number of hydrogen-bond donors (Lipinski definition) is 2. The Bertz CT molecular complexity index is 1020. The number of carbonyl (C=O) groups excluding carboxylic acids is 1. The number of nitriles is 1. The fraction of sp³-hybridized carbons (Fsp3) is 0.318. The monoisotopic (exact) mass is 396 g/mol. The van der Waals surface area contributed by atoms with Crippen LogP contribution in [0.25, 0.3) is 0 Å². The molecule has 150 valence electrons. The first-order valence-corrected chi connectivity index (χ1v) is 9.13. The number of nitrogens with one attached hydrogen (secondary N) is 2. The predicted molar refractivity (Wildman–Crippen MR) is 106 cm³/mol. The van der Waals surface area contributed by atoms with E-state index in [0.717, 1.165) is 12.5 Å². The van der Waals surface area contributed by atoms with Crippen LogP contribution in [0.4, 0.5) is 8.78 Å². The Morgan fingerprint density at radius 2 is 1.86 bits per heavy atom. The van der Waals surface area contributed by atoms with Gasteiger partial charge in [0.2, 0.25) is 5.91 Å². The van der Waals surface area contributed by atoms with Crippen LogP contribution >= 0.6 is 0 Å². The molecule has 2 aromatic carbocycles. The van der Waals surface area contributed by atoms with E-state index in [-0.39, 0.29) is 17.4 Å². The van der Waals surface area contributed by atoms with Gasteiger partial charge in [0.25, 0.3) is 5.92 Å². The van der Waals surface area contributed by atoms with Crippen LogP contribution in [-0.4, -0.2) is 23.8 Å². The molecule has 0 radical (unpaired) electrons. The van der Waals surface area contributed by atoms with Gasteiger partial charge in [0, 0.05) is 19.5 Å². The number of rotatable bonds is 3. The maximum absolute atomic E-state index is 13.6. The van der Waals surface area contributed by atoms with Crippen LogP contribution in [0.5, 0.6) is 0 Å². The molecule has 0 saturated carbocycles. The van der Waals surface area contributed by atoms with Gasteiger partial charge in [-0.3, -0.25) is 15.1 Å². The summed E-state index contributed by atoms with van der Waals surface area (Å²) in [4.78, 5) is 14.4. The predicted octanol–water partition coefficient (Wildman–Crippen LogP) is 3.97. The van der Waals surface area contributed by atoms with Gasteiger partial charge in [-0.15, -0.1) is 0 Å². The maximum atomic E-state index is 13.6. The third kappa shape index (κ3) is 3.46. The van der Waals surface area contributed by atoms with Gasteiger partial charge in [0.1, 0.15) is 0 Å². The van der Waals surface area contributed by atoms with Crippen molar-refractivity contribution in [1.82, 2.24) is 10.2 Å². The van der Waals surface area contributed by atoms with Crippen molar-refractivity contribution < 1.29 is 13.6 Å². The van der Waals surface area contributed by atoms with Crippen molar-refractivity contribution in [3.8, 4) is 6.07 Å². The standard InChI is InChI=1S/C22H22F2N4O/c1-13-5-6-14(12-25)11-17(13)21(2)18(19(29)28(4)20(26)27-21)15-7-9-16(10-8-15)22(3,23)24/h5-11,18H,1-4H3,(H2,26,27)/t18-,21+/m0/s1. The summed E-state index contributed by atoms with van der Waals surface area (Å²) in [5, 5.41) is 20.6. The van der Waals surface area contributed by atoms with Gasteiger partial charge in [0.05, 0.1) is 23.1 Å². The lowest BCUT2D eigenvalue weighted by molar-refractivity contribution is -0.131. The molecule has 0 spiro atoms. The van der Waals surface area contributed by atoms with E-state index in [1.54, 1.807) is 25.1 Å². The fourth-order valence-corrected chi connectivity index (χ4v) is 3.87. The first kappa shape index (κ1) is 20.5. The van der Waals surface area contributed by atoms with E-state index in [0.29, 0.717) is 16.7 Å². The third-order valence-corrected chi connectivity index (χ3v) is 5.55. The summed E-state index contributed by atoms with van der Waals surface area (Å²) in [7, 11) is 1.50. The average molecular weight is 396 g/mol. The third-order valence-electron chi connectivity index (χ3n) is 5.55. The molecule has 0 bridgehead atoms. The van der Waals surface area contributed by atoms with E-state index in [9.17, 15) is 18.8 Å². The van der Waals surface area contributed by atoms with E-state index >= 15 is 0 Å². The van der Waals surface area contributed by atoms with Crippen LogP contribution in [0.2, 0.25) is 0 Å². The number of carbonyl (C=O) groups is 1. The molecule has 0 aromatic heterocycles. The molecular weight excluding hydrogens is 374 g/mol. The zero-order valence-electron chi connectivity index (χ0n) is 16.7. The average Bonchev–Trinajstić information content (AvgIpc) is 2.66. The van der Waals surface area contributed by atoms with Crippen molar-refractivity contribution in [3.05, 3.63) is 70.3 Å². The molecule has 1 fully saturated rings. The number of guanidine groups is 1. The van der Waals surface area contributed by atoms with Crippen LogP contribution in [0.3, 0.4) is 0 Å². The Hall–Kier alpha value is -3.27. The van der Waals surface area contributed by atoms with Gasteiger partial charge < -0.3 is 5.32 Å². The van der Waals surface area contributed by atoms with Crippen molar-refractivity contribution in [2.75, 3.05) is 7.05 Å². The highest BCUT2D eigenvalue weighted by molar-refractivity contribution is 6.02. The molecule has 2 N–H and O–H groups in total. The highest BCUT2D eigenvalue weighted by atomic mass is 19.3. The van der Waals surface area contributed by atoms with Crippen molar-refractivity contribution in [3.63, 3.8) is 0 Å². The first-order valence-electron chi connectivity index (χ1n) is 9.13. The van der Waals surface area contributed by atoms with Crippen LogP contribution in [-0.2, 0) is 16.3 Å². The van der Waals surface area contributed by atoms with Gasteiger partial charge >= 0.3 is 0 Å². The molecule has 0 unspecified atom stereocenters. The van der Waals surface area contributed by atoms with E-state index in [2.05, 4.69) is 11.4 Å². The second kappa shape index (κ2) is 6.96. The number of halogens is 2.